The van der Waals surface area contributed by atoms with E-state index in [-0.39, 0.29) is 12.6 Å². The van der Waals surface area contributed by atoms with Crippen molar-refractivity contribution in [1.29, 1.82) is 0 Å². The zero-order valence-corrected chi connectivity index (χ0v) is 19.8. The summed E-state index contributed by atoms with van der Waals surface area (Å²) in [6.45, 7) is 3.93. The minimum atomic E-state index is -0.627. The number of alkyl halides is 1. The number of ether oxygens (including phenoxy) is 1. The summed E-state index contributed by atoms with van der Waals surface area (Å²) in [5.74, 6) is 1.12. The second-order valence-electron chi connectivity index (χ2n) is 8.68. The molecule has 1 aliphatic rings. The molecular formula is C24H39ClO3S. The monoisotopic (exact) mass is 442 g/mol. The highest BCUT2D eigenvalue weighted by molar-refractivity contribution is 7.13. The molecule has 1 unspecified atom stereocenters. The Labute approximate surface area is 186 Å². The van der Waals surface area contributed by atoms with E-state index in [4.69, 9.17) is 16.3 Å². The third-order valence-corrected chi connectivity index (χ3v) is 7.76. The first kappa shape index (κ1) is 24.7. The minimum absolute atomic E-state index is 0.0465. The Morgan fingerprint density at radius 3 is 2.69 bits per heavy atom. The number of esters is 1. The largest absolute Gasteiger partial charge is 0.459 e. The van der Waals surface area contributed by atoms with E-state index >= 15 is 0 Å². The van der Waals surface area contributed by atoms with E-state index in [0.717, 1.165) is 18.8 Å². The van der Waals surface area contributed by atoms with Crippen LogP contribution < -0.4 is 0 Å². The van der Waals surface area contributed by atoms with Crippen LogP contribution in [-0.4, -0.2) is 29.2 Å². The molecule has 0 amide bonds. The fraction of sp³-hybridized carbons (Fsp3) is 0.792. The summed E-state index contributed by atoms with van der Waals surface area (Å²) in [4.78, 5) is 13.8. The number of aliphatic hydroxyl groups is 1. The van der Waals surface area contributed by atoms with Crippen LogP contribution in [0, 0.1) is 11.8 Å². The van der Waals surface area contributed by atoms with Gasteiger partial charge in [-0.25, -0.2) is 4.79 Å². The van der Waals surface area contributed by atoms with Crippen molar-refractivity contribution >= 4 is 28.9 Å². The molecule has 0 bridgehead atoms. The molecular weight excluding hydrogens is 404 g/mol. The highest BCUT2D eigenvalue weighted by Crippen LogP contribution is 2.41. The second kappa shape index (κ2) is 13.7. The van der Waals surface area contributed by atoms with Gasteiger partial charge in [-0.05, 0) is 63.0 Å². The standard InChI is InChI=1S/C24H39ClO3S/c1-3-4-5-6-7-8-10-19-13-15-22(25)21(19)12-9-11-20-14-16-23(29-20)24(27)28-17-18(2)26/h14,16,18-19,21-22,26H,3-13,15,17H2,1-2H3/t18?,19-,21+,22+/m0/s1. The zero-order chi connectivity index (χ0) is 21.1. The van der Waals surface area contributed by atoms with Crippen LogP contribution in [0.15, 0.2) is 12.1 Å². The summed E-state index contributed by atoms with van der Waals surface area (Å²) in [6, 6.07) is 3.87. The van der Waals surface area contributed by atoms with Crippen molar-refractivity contribution in [3.05, 3.63) is 21.9 Å². The van der Waals surface area contributed by atoms with Gasteiger partial charge in [-0.15, -0.1) is 22.9 Å². The normalized spacial score (nSPS) is 22.7. The van der Waals surface area contributed by atoms with Gasteiger partial charge in [0.2, 0.25) is 0 Å². The molecule has 1 aromatic heterocycles. The van der Waals surface area contributed by atoms with E-state index < -0.39 is 6.10 Å². The third-order valence-electron chi connectivity index (χ3n) is 6.09. The lowest BCUT2D eigenvalue weighted by atomic mass is 9.86. The van der Waals surface area contributed by atoms with Crippen LogP contribution >= 0.6 is 22.9 Å². The van der Waals surface area contributed by atoms with Gasteiger partial charge < -0.3 is 9.84 Å². The lowest BCUT2D eigenvalue weighted by Crippen LogP contribution is -2.15. The molecule has 1 aromatic rings. The number of aryl methyl sites for hydroxylation is 1. The van der Waals surface area contributed by atoms with Crippen LogP contribution in [0.4, 0.5) is 0 Å². The maximum atomic E-state index is 12.0. The van der Waals surface area contributed by atoms with Crippen LogP contribution in [-0.2, 0) is 11.2 Å². The molecule has 3 nitrogen and oxygen atoms in total. The number of unbranched alkanes of at least 4 members (excludes halogenated alkanes) is 5. The first-order valence-corrected chi connectivity index (χ1v) is 12.8. The molecule has 1 heterocycles. The molecule has 1 saturated carbocycles. The lowest BCUT2D eigenvalue weighted by molar-refractivity contribution is 0.0301. The Bertz CT molecular complexity index is 586. The van der Waals surface area contributed by atoms with Gasteiger partial charge in [-0.2, -0.15) is 0 Å². The highest BCUT2D eigenvalue weighted by atomic mass is 35.5. The lowest BCUT2D eigenvalue weighted by Gasteiger charge is -2.22. The van der Waals surface area contributed by atoms with Gasteiger partial charge in [-0.1, -0.05) is 51.9 Å². The van der Waals surface area contributed by atoms with Crippen molar-refractivity contribution in [3.63, 3.8) is 0 Å². The Hall–Kier alpha value is -0.580. The van der Waals surface area contributed by atoms with Gasteiger partial charge in [0.25, 0.3) is 0 Å². The number of hydrogen-bond donors (Lipinski definition) is 1. The predicted molar refractivity (Wildman–Crippen MR) is 123 cm³/mol. The number of thiophene rings is 1. The predicted octanol–water partition coefficient (Wildman–Crippen LogP) is 6.99. The van der Waals surface area contributed by atoms with E-state index in [1.165, 1.54) is 80.4 Å². The molecule has 29 heavy (non-hydrogen) atoms. The van der Waals surface area contributed by atoms with Gasteiger partial charge in [-0.3, -0.25) is 0 Å². The summed E-state index contributed by atoms with van der Waals surface area (Å²) < 4.78 is 5.09. The molecule has 1 N–H and O–H groups in total. The molecule has 0 saturated heterocycles. The fourth-order valence-electron chi connectivity index (χ4n) is 4.46. The SMILES string of the molecule is CCCCCCCC[C@H]1CC[C@@H](Cl)[C@@H]1CCCc1ccc(C(=O)OCC(C)O)s1. The van der Waals surface area contributed by atoms with Crippen LogP contribution in [0.25, 0.3) is 0 Å². The molecule has 4 atom stereocenters. The minimum Gasteiger partial charge on any atom is -0.459 e. The molecule has 1 aliphatic carbocycles. The van der Waals surface area contributed by atoms with Crippen molar-refractivity contribution in [3.8, 4) is 0 Å². The zero-order valence-electron chi connectivity index (χ0n) is 18.2. The van der Waals surface area contributed by atoms with Gasteiger partial charge in [0.05, 0.1) is 6.10 Å². The third kappa shape index (κ3) is 8.98. The summed E-state index contributed by atoms with van der Waals surface area (Å²) in [5.41, 5.74) is 0. The topological polar surface area (TPSA) is 46.5 Å². The van der Waals surface area contributed by atoms with Crippen LogP contribution in [0.1, 0.15) is 99.0 Å². The number of rotatable bonds is 14. The Balaban J connectivity index is 1.69. The Kier molecular flexibility index (Phi) is 11.6. The Morgan fingerprint density at radius 2 is 1.93 bits per heavy atom. The van der Waals surface area contributed by atoms with Crippen LogP contribution in [0.2, 0.25) is 0 Å². The molecule has 0 radical (unpaired) electrons. The summed E-state index contributed by atoms with van der Waals surface area (Å²) in [5, 5.41) is 9.58. The number of hydrogen-bond acceptors (Lipinski definition) is 4. The van der Waals surface area contributed by atoms with E-state index in [2.05, 4.69) is 6.92 Å². The highest BCUT2D eigenvalue weighted by Gasteiger charge is 2.33. The molecule has 5 heteroatoms. The average Bonchev–Trinajstić information content (AvgIpc) is 3.30. The maximum absolute atomic E-state index is 12.0. The molecule has 2 rings (SSSR count). The van der Waals surface area contributed by atoms with Gasteiger partial charge in [0.15, 0.2) is 0 Å². The molecule has 0 aliphatic heterocycles. The van der Waals surface area contributed by atoms with Gasteiger partial charge in [0.1, 0.15) is 11.5 Å². The van der Waals surface area contributed by atoms with Gasteiger partial charge in [0, 0.05) is 10.3 Å². The average molecular weight is 443 g/mol. The van der Waals surface area contributed by atoms with Crippen molar-refractivity contribution in [2.75, 3.05) is 6.61 Å². The quantitative estimate of drug-likeness (QED) is 0.192. The number of aliphatic hydroxyl groups excluding tert-OH is 1. The number of halogens is 1. The summed E-state index contributed by atoms with van der Waals surface area (Å²) in [6.07, 6.45) is 14.7. The summed E-state index contributed by atoms with van der Waals surface area (Å²) in [7, 11) is 0. The number of carbonyl (C=O) groups excluding carboxylic acids is 1. The van der Waals surface area contributed by atoms with Crippen LogP contribution in [0.3, 0.4) is 0 Å². The molecule has 0 spiro atoms. The first-order chi connectivity index (χ1) is 14.0. The van der Waals surface area contributed by atoms with Crippen LogP contribution in [0.5, 0.6) is 0 Å². The van der Waals surface area contributed by atoms with Crippen molar-refractivity contribution in [2.24, 2.45) is 11.8 Å². The summed E-state index contributed by atoms with van der Waals surface area (Å²) >= 11 is 8.17. The molecule has 1 fully saturated rings. The van der Waals surface area contributed by atoms with E-state index in [1.807, 2.05) is 12.1 Å². The van der Waals surface area contributed by atoms with Crippen molar-refractivity contribution in [2.45, 2.75) is 102 Å². The molecule has 166 valence electrons. The molecule has 0 aromatic carbocycles. The second-order valence-corrected chi connectivity index (χ2v) is 10.4. The Morgan fingerprint density at radius 1 is 1.17 bits per heavy atom. The first-order valence-electron chi connectivity index (χ1n) is 11.6. The maximum Gasteiger partial charge on any atom is 0.348 e. The smallest absolute Gasteiger partial charge is 0.348 e. The van der Waals surface area contributed by atoms with E-state index in [1.54, 1.807) is 6.92 Å². The fourth-order valence-corrected chi connectivity index (χ4v) is 5.86. The number of carbonyl (C=O) groups is 1. The van der Waals surface area contributed by atoms with Crippen molar-refractivity contribution in [1.82, 2.24) is 0 Å². The van der Waals surface area contributed by atoms with E-state index in [0.29, 0.717) is 16.2 Å². The van der Waals surface area contributed by atoms with Crippen molar-refractivity contribution < 1.29 is 14.6 Å². The van der Waals surface area contributed by atoms with E-state index in [9.17, 15) is 9.90 Å². The van der Waals surface area contributed by atoms with Gasteiger partial charge >= 0.3 is 5.97 Å².